The molecule has 2 atom stereocenters. The molecule has 1 aliphatic rings. The second-order valence-corrected chi connectivity index (χ2v) is 4.09. The predicted molar refractivity (Wildman–Crippen MR) is 63.0 cm³/mol. The summed E-state index contributed by atoms with van der Waals surface area (Å²) in [5, 5.41) is 20.5. The maximum Gasteiger partial charge on any atom is 0.332 e. The average Bonchev–Trinajstić information content (AvgIpc) is 2.86. The van der Waals surface area contributed by atoms with Crippen LogP contribution in [0.2, 0.25) is 0 Å². The van der Waals surface area contributed by atoms with Crippen molar-refractivity contribution in [2.24, 2.45) is 0 Å². The van der Waals surface area contributed by atoms with Crippen LogP contribution in [0, 0.1) is 11.3 Å². The molecule has 0 aliphatic carbocycles. The molecule has 1 saturated heterocycles. The highest BCUT2D eigenvalue weighted by molar-refractivity contribution is 5.72. The van der Waals surface area contributed by atoms with Gasteiger partial charge in [-0.25, -0.2) is 9.78 Å². The van der Waals surface area contributed by atoms with E-state index in [0.29, 0.717) is 24.3 Å². The molecule has 1 fully saturated rings. The van der Waals surface area contributed by atoms with Crippen molar-refractivity contribution in [3.8, 4) is 6.07 Å². The number of carbonyl (C=O) groups is 1. The SMILES string of the molecule is N#Cc1ccc(NCC2CCC(C(=O)O)O2)nc1. The van der Waals surface area contributed by atoms with Crippen LogP contribution in [0.15, 0.2) is 18.3 Å². The third kappa shape index (κ3) is 2.96. The Labute approximate surface area is 104 Å². The molecule has 18 heavy (non-hydrogen) atoms. The number of nitriles is 1. The Kier molecular flexibility index (Phi) is 3.75. The Morgan fingerprint density at radius 1 is 1.61 bits per heavy atom. The van der Waals surface area contributed by atoms with Gasteiger partial charge in [0, 0.05) is 12.7 Å². The van der Waals surface area contributed by atoms with Crippen molar-refractivity contribution in [2.45, 2.75) is 25.0 Å². The van der Waals surface area contributed by atoms with Gasteiger partial charge in [0.2, 0.25) is 0 Å². The van der Waals surface area contributed by atoms with Crippen molar-refractivity contribution < 1.29 is 14.6 Å². The monoisotopic (exact) mass is 247 g/mol. The van der Waals surface area contributed by atoms with Crippen LogP contribution < -0.4 is 5.32 Å². The van der Waals surface area contributed by atoms with E-state index in [9.17, 15) is 4.79 Å². The van der Waals surface area contributed by atoms with Gasteiger partial charge < -0.3 is 15.2 Å². The number of hydrogen-bond acceptors (Lipinski definition) is 5. The van der Waals surface area contributed by atoms with Crippen LogP contribution >= 0.6 is 0 Å². The molecule has 1 aromatic heterocycles. The van der Waals surface area contributed by atoms with Crippen LogP contribution in [0.3, 0.4) is 0 Å². The number of carboxylic acid groups (broad SMARTS) is 1. The molecule has 94 valence electrons. The number of aliphatic carboxylic acids is 1. The third-order valence-electron chi connectivity index (χ3n) is 2.79. The van der Waals surface area contributed by atoms with Crippen LogP contribution in [-0.2, 0) is 9.53 Å². The van der Waals surface area contributed by atoms with E-state index in [-0.39, 0.29) is 6.10 Å². The van der Waals surface area contributed by atoms with Crippen molar-refractivity contribution in [2.75, 3.05) is 11.9 Å². The molecule has 6 heteroatoms. The van der Waals surface area contributed by atoms with Crippen LogP contribution in [-0.4, -0.2) is 34.8 Å². The first-order valence-electron chi connectivity index (χ1n) is 5.67. The maximum atomic E-state index is 10.7. The summed E-state index contributed by atoms with van der Waals surface area (Å²) in [5.74, 6) is -0.259. The number of nitrogens with one attached hydrogen (secondary N) is 1. The molecule has 2 heterocycles. The fourth-order valence-electron chi connectivity index (χ4n) is 1.82. The van der Waals surface area contributed by atoms with Crippen molar-refractivity contribution >= 4 is 11.8 Å². The van der Waals surface area contributed by atoms with Gasteiger partial charge in [0.1, 0.15) is 11.9 Å². The average molecular weight is 247 g/mol. The Morgan fingerprint density at radius 2 is 2.44 bits per heavy atom. The molecule has 1 aliphatic heterocycles. The second kappa shape index (κ2) is 5.47. The fraction of sp³-hybridized carbons (Fsp3) is 0.417. The number of pyridine rings is 1. The number of hydrogen-bond donors (Lipinski definition) is 2. The zero-order valence-electron chi connectivity index (χ0n) is 9.67. The minimum absolute atomic E-state index is 0.108. The Hall–Kier alpha value is -2.13. The topological polar surface area (TPSA) is 95.2 Å². The molecule has 6 nitrogen and oxygen atoms in total. The first-order chi connectivity index (χ1) is 8.69. The number of carboxylic acids is 1. The van der Waals surface area contributed by atoms with Gasteiger partial charge in [-0.3, -0.25) is 0 Å². The van der Waals surface area contributed by atoms with Gasteiger partial charge >= 0.3 is 5.97 Å². The third-order valence-corrected chi connectivity index (χ3v) is 2.79. The van der Waals surface area contributed by atoms with E-state index >= 15 is 0 Å². The number of ether oxygens (including phenoxy) is 1. The zero-order chi connectivity index (χ0) is 13.0. The van der Waals surface area contributed by atoms with Gasteiger partial charge in [0.05, 0.1) is 11.7 Å². The molecule has 0 amide bonds. The lowest BCUT2D eigenvalue weighted by Gasteiger charge is -2.12. The lowest BCUT2D eigenvalue weighted by Crippen LogP contribution is -2.24. The summed E-state index contributed by atoms with van der Waals surface area (Å²) in [7, 11) is 0. The Balaban J connectivity index is 1.82. The first-order valence-corrected chi connectivity index (χ1v) is 5.67. The molecule has 0 bridgehead atoms. The lowest BCUT2D eigenvalue weighted by atomic mass is 10.2. The first kappa shape index (κ1) is 12.3. The van der Waals surface area contributed by atoms with Gasteiger partial charge in [-0.05, 0) is 25.0 Å². The van der Waals surface area contributed by atoms with Crippen molar-refractivity contribution in [1.82, 2.24) is 4.98 Å². The number of rotatable bonds is 4. The summed E-state index contributed by atoms with van der Waals surface area (Å²) in [5.41, 5.74) is 0.503. The van der Waals surface area contributed by atoms with Crippen molar-refractivity contribution in [3.05, 3.63) is 23.9 Å². The van der Waals surface area contributed by atoms with Gasteiger partial charge in [0.25, 0.3) is 0 Å². The van der Waals surface area contributed by atoms with Crippen LogP contribution in [0.25, 0.3) is 0 Å². The highest BCUT2D eigenvalue weighted by Gasteiger charge is 2.30. The standard InChI is InChI=1S/C12H13N3O3/c13-5-8-1-4-11(14-6-8)15-7-9-2-3-10(18-9)12(16)17/h1,4,6,9-10H,2-3,7H2,(H,14,15)(H,16,17). The highest BCUT2D eigenvalue weighted by atomic mass is 16.5. The summed E-state index contributed by atoms with van der Waals surface area (Å²) < 4.78 is 5.35. The van der Waals surface area contributed by atoms with E-state index in [0.717, 1.165) is 6.42 Å². The van der Waals surface area contributed by atoms with Crippen molar-refractivity contribution in [1.29, 1.82) is 5.26 Å². The van der Waals surface area contributed by atoms with E-state index in [1.807, 2.05) is 6.07 Å². The normalized spacial score (nSPS) is 22.4. The van der Waals surface area contributed by atoms with E-state index < -0.39 is 12.1 Å². The van der Waals surface area contributed by atoms with Crippen molar-refractivity contribution in [3.63, 3.8) is 0 Å². The minimum Gasteiger partial charge on any atom is -0.479 e. The molecule has 1 aromatic rings. The van der Waals surface area contributed by atoms with E-state index in [2.05, 4.69) is 10.3 Å². The van der Waals surface area contributed by atoms with Crippen LogP contribution in [0.1, 0.15) is 18.4 Å². The fourth-order valence-corrected chi connectivity index (χ4v) is 1.82. The molecule has 0 spiro atoms. The Morgan fingerprint density at radius 3 is 3.00 bits per heavy atom. The summed E-state index contributed by atoms with van der Waals surface area (Å²) >= 11 is 0. The smallest absolute Gasteiger partial charge is 0.332 e. The number of aromatic nitrogens is 1. The zero-order valence-corrected chi connectivity index (χ0v) is 9.67. The quantitative estimate of drug-likeness (QED) is 0.824. The maximum absolute atomic E-state index is 10.7. The molecular weight excluding hydrogens is 234 g/mol. The van der Waals surface area contributed by atoms with Gasteiger partial charge in [0.15, 0.2) is 6.10 Å². The molecule has 0 radical (unpaired) electrons. The summed E-state index contributed by atoms with van der Waals surface area (Å²) in [6, 6.07) is 5.37. The lowest BCUT2D eigenvalue weighted by molar-refractivity contribution is -0.149. The van der Waals surface area contributed by atoms with E-state index in [1.165, 1.54) is 6.20 Å². The molecular formula is C12H13N3O3. The van der Waals surface area contributed by atoms with Gasteiger partial charge in [-0.1, -0.05) is 0 Å². The predicted octanol–water partition coefficient (Wildman–Crippen LogP) is 0.997. The minimum atomic E-state index is -0.908. The van der Waals surface area contributed by atoms with Gasteiger partial charge in [-0.2, -0.15) is 5.26 Å². The van der Waals surface area contributed by atoms with E-state index in [4.69, 9.17) is 15.1 Å². The summed E-state index contributed by atoms with van der Waals surface area (Å²) in [4.78, 5) is 14.8. The summed E-state index contributed by atoms with van der Waals surface area (Å²) in [6.07, 6.45) is 1.95. The highest BCUT2D eigenvalue weighted by Crippen LogP contribution is 2.20. The largest absolute Gasteiger partial charge is 0.479 e. The molecule has 2 N–H and O–H groups in total. The second-order valence-electron chi connectivity index (χ2n) is 4.09. The molecule has 2 unspecified atom stereocenters. The number of anilines is 1. The van der Waals surface area contributed by atoms with Crippen LogP contribution in [0.5, 0.6) is 0 Å². The number of nitrogens with zero attached hydrogens (tertiary/aromatic N) is 2. The molecule has 2 rings (SSSR count). The van der Waals surface area contributed by atoms with Crippen LogP contribution in [0.4, 0.5) is 5.82 Å². The molecule has 0 aromatic carbocycles. The van der Waals surface area contributed by atoms with Gasteiger partial charge in [-0.15, -0.1) is 0 Å². The Bertz CT molecular complexity index is 466. The van der Waals surface area contributed by atoms with E-state index in [1.54, 1.807) is 12.1 Å². The summed E-state index contributed by atoms with van der Waals surface area (Å²) in [6.45, 7) is 0.517. The molecule has 0 saturated carbocycles.